The molecule has 2 aromatic rings. The second-order valence-electron chi connectivity index (χ2n) is 7.49. The zero-order valence-corrected chi connectivity index (χ0v) is 17.0. The van der Waals surface area contributed by atoms with Crippen LogP contribution in [0.25, 0.3) is 0 Å². The quantitative estimate of drug-likeness (QED) is 0.613. The summed E-state index contributed by atoms with van der Waals surface area (Å²) in [6.45, 7) is 3.27. The molecule has 0 fully saturated rings. The molecule has 0 radical (unpaired) electrons. The number of rotatable bonds is 4. The maximum Gasteiger partial charge on any atom is 0.323 e. The summed E-state index contributed by atoms with van der Waals surface area (Å²) in [5, 5.41) is 8.51. The zero-order chi connectivity index (χ0) is 19.4. The van der Waals surface area contributed by atoms with E-state index in [1.807, 2.05) is 12.1 Å². The van der Waals surface area contributed by atoms with Gasteiger partial charge >= 0.3 is 6.03 Å². The summed E-state index contributed by atoms with van der Waals surface area (Å²) in [4.78, 5) is 24.4. The van der Waals surface area contributed by atoms with Crippen LogP contribution >= 0.6 is 12.4 Å². The molecule has 1 aliphatic carbocycles. The van der Waals surface area contributed by atoms with Gasteiger partial charge in [-0.3, -0.25) is 4.79 Å². The van der Waals surface area contributed by atoms with Crippen molar-refractivity contribution in [3.8, 4) is 0 Å². The standard InChI is InChI=1S/C21H26N4O2.ClH/c1-21(2,22)19(26)23-15-9-6-10-16(13-15)24-20(27)25-18-12-5-8-14-7-3-4-11-17(14)18;/h5-6,8-10,12-13H,3-4,7,11,22H2,1-2H3,(H,23,26)(H2,24,25,27);1H. The molecule has 0 aliphatic heterocycles. The van der Waals surface area contributed by atoms with E-state index in [0.717, 1.165) is 24.9 Å². The van der Waals surface area contributed by atoms with Gasteiger partial charge in [-0.1, -0.05) is 18.2 Å². The fourth-order valence-corrected chi connectivity index (χ4v) is 3.15. The van der Waals surface area contributed by atoms with Gasteiger partial charge in [-0.25, -0.2) is 4.79 Å². The molecular weight excluding hydrogens is 376 g/mol. The Morgan fingerprint density at radius 3 is 2.29 bits per heavy atom. The van der Waals surface area contributed by atoms with E-state index in [-0.39, 0.29) is 24.3 Å². The van der Waals surface area contributed by atoms with Crippen molar-refractivity contribution in [3.05, 3.63) is 53.6 Å². The van der Waals surface area contributed by atoms with Crippen LogP contribution in [-0.4, -0.2) is 17.5 Å². The number of nitrogens with one attached hydrogen (secondary N) is 3. The third-order valence-electron chi connectivity index (χ3n) is 4.61. The van der Waals surface area contributed by atoms with Gasteiger partial charge in [0.25, 0.3) is 0 Å². The highest BCUT2D eigenvalue weighted by molar-refractivity contribution is 6.01. The summed E-state index contributed by atoms with van der Waals surface area (Å²) in [7, 11) is 0. The van der Waals surface area contributed by atoms with E-state index >= 15 is 0 Å². The molecule has 3 amide bonds. The Balaban J connectivity index is 0.00000280. The monoisotopic (exact) mass is 402 g/mol. The first-order chi connectivity index (χ1) is 12.8. The lowest BCUT2D eigenvalue weighted by atomic mass is 9.90. The molecule has 3 rings (SSSR count). The SMILES string of the molecule is CC(C)(N)C(=O)Nc1cccc(NC(=O)Nc2cccc3c2CCCC3)c1.Cl. The van der Waals surface area contributed by atoms with E-state index in [1.165, 1.54) is 17.5 Å². The fourth-order valence-electron chi connectivity index (χ4n) is 3.15. The van der Waals surface area contributed by atoms with Crippen molar-refractivity contribution in [2.75, 3.05) is 16.0 Å². The highest BCUT2D eigenvalue weighted by Crippen LogP contribution is 2.28. The molecule has 0 bridgehead atoms. The predicted octanol–water partition coefficient (Wildman–Crippen LogP) is 4.31. The molecule has 6 nitrogen and oxygen atoms in total. The minimum atomic E-state index is -0.979. The Hall–Kier alpha value is -2.57. The molecule has 0 spiro atoms. The van der Waals surface area contributed by atoms with E-state index < -0.39 is 5.54 Å². The first kappa shape index (κ1) is 21.7. The minimum Gasteiger partial charge on any atom is -0.324 e. The van der Waals surface area contributed by atoms with Crippen LogP contribution in [0.2, 0.25) is 0 Å². The molecule has 1 aliphatic rings. The van der Waals surface area contributed by atoms with Crippen molar-refractivity contribution in [2.24, 2.45) is 5.73 Å². The van der Waals surface area contributed by atoms with Crippen LogP contribution in [0.15, 0.2) is 42.5 Å². The van der Waals surface area contributed by atoms with E-state index in [2.05, 4.69) is 22.0 Å². The molecule has 0 aromatic heterocycles. The van der Waals surface area contributed by atoms with Crippen LogP contribution in [0, 0.1) is 0 Å². The average Bonchev–Trinajstić information content (AvgIpc) is 2.61. The fraction of sp³-hybridized carbons (Fsp3) is 0.333. The van der Waals surface area contributed by atoms with Gasteiger partial charge in [-0.2, -0.15) is 0 Å². The Morgan fingerprint density at radius 2 is 1.57 bits per heavy atom. The molecule has 5 N–H and O–H groups in total. The van der Waals surface area contributed by atoms with Gasteiger partial charge in [0.2, 0.25) is 5.91 Å². The number of hydrogen-bond acceptors (Lipinski definition) is 3. The first-order valence-electron chi connectivity index (χ1n) is 9.22. The van der Waals surface area contributed by atoms with Crippen molar-refractivity contribution in [1.29, 1.82) is 0 Å². The molecule has 0 unspecified atom stereocenters. The summed E-state index contributed by atoms with van der Waals surface area (Å²) >= 11 is 0. The Labute approximate surface area is 171 Å². The minimum absolute atomic E-state index is 0. The number of aryl methyl sites for hydroxylation is 1. The van der Waals surface area contributed by atoms with Crippen molar-refractivity contribution >= 4 is 41.4 Å². The van der Waals surface area contributed by atoms with Crippen molar-refractivity contribution in [3.63, 3.8) is 0 Å². The second-order valence-corrected chi connectivity index (χ2v) is 7.49. The Morgan fingerprint density at radius 1 is 0.929 bits per heavy atom. The number of urea groups is 1. The summed E-state index contributed by atoms with van der Waals surface area (Å²) in [6, 6.07) is 12.7. The Bertz CT molecular complexity index is 862. The molecule has 0 saturated carbocycles. The second kappa shape index (κ2) is 9.08. The molecule has 2 aromatic carbocycles. The van der Waals surface area contributed by atoms with Gasteiger partial charge in [0, 0.05) is 17.1 Å². The average molecular weight is 403 g/mol. The first-order valence-corrected chi connectivity index (χ1v) is 9.22. The van der Waals surface area contributed by atoms with Gasteiger partial charge in [0.15, 0.2) is 0 Å². The number of carbonyl (C=O) groups is 2. The van der Waals surface area contributed by atoms with Crippen molar-refractivity contribution < 1.29 is 9.59 Å². The van der Waals surface area contributed by atoms with Gasteiger partial charge in [0.1, 0.15) is 0 Å². The van der Waals surface area contributed by atoms with Gasteiger partial charge in [-0.05, 0) is 74.9 Å². The van der Waals surface area contributed by atoms with E-state index in [0.29, 0.717) is 11.4 Å². The number of nitrogens with two attached hydrogens (primary N) is 1. The summed E-state index contributed by atoms with van der Waals surface area (Å²) in [5.41, 5.74) is 9.38. The molecule has 28 heavy (non-hydrogen) atoms. The molecule has 0 saturated heterocycles. The molecular formula is C21H27ClN4O2. The Kier molecular flexibility index (Phi) is 7.05. The van der Waals surface area contributed by atoms with Crippen LogP contribution in [0.3, 0.4) is 0 Å². The van der Waals surface area contributed by atoms with Crippen LogP contribution in [0.1, 0.15) is 37.8 Å². The number of fused-ring (bicyclic) bond motifs is 1. The smallest absolute Gasteiger partial charge is 0.323 e. The van der Waals surface area contributed by atoms with Gasteiger partial charge < -0.3 is 21.7 Å². The third-order valence-corrected chi connectivity index (χ3v) is 4.61. The highest BCUT2D eigenvalue weighted by atomic mass is 35.5. The highest BCUT2D eigenvalue weighted by Gasteiger charge is 2.22. The molecule has 0 heterocycles. The lowest BCUT2D eigenvalue weighted by Gasteiger charge is -2.20. The number of amides is 3. The molecule has 150 valence electrons. The van der Waals surface area contributed by atoms with Crippen molar-refractivity contribution in [2.45, 2.75) is 45.1 Å². The van der Waals surface area contributed by atoms with Crippen LogP contribution < -0.4 is 21.7 Å². The van der Waals surface area contributed by atoms with Crippen LogP contribution in [0.4, 0.5) is 21.9 Å². The largest absolute Gasteiger partial charge is 0.324 e. The number of anilines is 3. The number of carbonyl (C=O) groups excluding carboxylic acids is 2. The number of benzene rings is 2. The van der Waals surface area contributed by atoms with Crippen LogP contribution in [-0.2, 0) is 17.6 Å². The third kappa shape index (κ3) is 5.47. The van der Waals surface area contributed by atoms with Crippen LogP contribution in [0.5, 0.6) is 0 Å². The number of halogens is 1. The maximum atomic E-state index is 12.4. The molecule has 0 atom stereocenters. The summed E-state index contributed by atoms with van der Waals surface area (Å²) in [6.07, 6.45) is 4.39. The lowest BCUT2D eigenvalue weighted by Crippen LogP contribution is -2.45. The lowest BCUT2D eigenvalue weighted by molar-refractivity contribution is -0.120. The normalized spacial score (nSPS) is 13.0. The number of hydrogen-bond donors (Lipinski definition) is 4. The zero-order valence-electron chi connectivity index (χ0n) is 16.2. The van der Waals surface area contributed by atoms with E-state index in [9.17, 15) is 9.59 Å². The van der Waals surface area contributed by atoms with E-state index in [1.54, 1.807) is 38.1 Å². The summed E-state index contributed by atoms with van der Waals surface area (Å²) in [5.74, 6) is -0.292. The van der Waals surface area contributed by atoms with Crippen molar-refractivity contribution in [1.82, 2.24) is 0 Å². The van der Waals surface area contributed by atoms with Gasteiger partial charge in [-0.15, -0.1) is 12.4 Å². The topological polar surface area (TPSA) is 96.2 Å². The maximum absolute atomic E-state index is 12.4. The summed E-state index contributed by atoms with van der Waals surface area (Å²) < 4.78 is 0. The van der Waals surface area contributed by atoms with E-state index in [4.69, 9.17) is 5.73 Å². The molecule has 7 heteroatoms. The van der Waals surface area contributed by atoms with Gasteiger partial charge in [0.05, 0.1) is 5.54 Å². The predicted molar refractivity (Wildman–Crippen MR) is 116 cm³/mol.